The second-order valence-corrected chi connectivity index (χ2v) is 9.06. The van der Waals surface area contributed by atoms with Crippen LogP contribution in [0.3, 0.4) is 0 Å². The zero-order valence-corrected chi connectivity index (χ0v) is 14.8. The molecule has 1 aliphatic rings. The van der Waals surface area contributed by atoms with Gasteiger partial charge in [0, 0.05) is 5.38 Å². The van der Waals surface area contributed by atoms with E-state index in [-0.39, 0.29) is 17.5 Å². The lowest BCUT2D eigenvalue weighted by atomic mass is 10.2. The number of hydrogen-bond acceptors (Lipinski definition) is 8. The Labute approximate surface area is 142 Å². The lowest BCUT2D eigenvalue weighted by molar-refractivity contribution is 0.502. The molecule has 0 unspecified atom stereocenters. The molecule has 0 bridgehead atoms. The molecule has 3 aromatic rings. The van der Waals surface area contributed by atoms with Crippen molar-refractivity contribution in [3.63, 3.8) is 0 Å². The maximum Gasteiger partial charge on any atom is 0.201 e. The third-order valence-corrected chi connectivity index (χ3v) is 6.51. The van der Waals surface area contributed by atoms with Crippen LogP contribution in [0.25, 0.3) is 23.0 Å². The van der Waals surface area contributed by atoms with Crippen LogP contribution in [0, 0.1) is 13.8 Å². The van der Waals surface area contributed by atoms with Gasteiger partial charge >= 0.3 is 0 Å². The fourth-order valence-corrected chi connectivity index (χ4v) is 5.09. The average Bonchev–Trinajstić information content (AvgIpc) is 3.25. The quantitative estimate of drug-likeness (QED) is 0.699. The van der Waals surface area contributed by atoms with Crippen molar-refractivity contribution in [1.29, 1.82) is 0 Å². The fourth-order valence-electron chi connectivity index (χ4n) is 2.80. The highest BCUT2D eigenvalue weighted by Crippen LogP contribution is 2.31. The number of rotatable bonds is 3. The monoisotopic (exact) mass is 365 g/mol. The highest BCUT2D eigenvalue weighted by Gasteiger charge is 2.33. The molecule has 0 spiro atoms. The summed E-state index contributed by atoms with van der Waals surface area (Å²) in [5.74, 6) is 1.84. The molecule has 4 rings (SSSR count). The number of thiazole rings is 1. The average molecular weight is 365 g/mol. The lowest BCUT2D eigenvalue weighted by Crippen LogP contribution is -2.14. The van der Waals surface area contributed by atoms with Crippen LogP contribution in [0.4, 0.5) is 0 Å². The Kier molecular flexibility index (Phi) is 3.53. The predicted octanol–water partition coefficient (Wildman–Crippen LogP) is 2.03. The molecule has 1 aliphatic heterocycles. The van der Waals surface area contributed by atoms with E-state index in [2.05, 4.69) is 20.1 Å². The van der Waals surface area contributed by atoms with Gasteiger partial charge in [-0.05, 0) is 20.3 Å². The van der Waals surface area contributed by atoms with Crippen molar-refractivity contribution < 1.29 is 12.8 Å². The van der Waals surface area contributed by atoms with E-state index in [9.17, 15) is 8.42 Å². The normalized spacial score (nSPS) is 19.8. The summed E-state index contributed by atoms with van der Waals surface area (Å²) in [6.45, 7) is 3.71. The topological polar surface area (TPSA) is 104 Å². The first kappa shape index (κ1) is 15.5. The van der Waals surface area contributed by atoms with E-state index in [1.54, 1.807) is 11.6 Å². The van der Waals surface area contributed by atoms with Gasteiger partial charge in [-0.25, -0.2) is 28.1 Å². The molecule has 4 heterocycles. The van der Waals surface area contributed by atoms with Crippen LogP contribution in [0.5, 0.6) is 0 Å². The van der Waals surface area contributed by atoms with E-state index in [0.29, 0.717) is 35.2 Å². The number of hydrogen-bond donors (Lipinski definition) is 0. The standard InChI is InChI=1S/C14H15N5O3S2/c1-8-12(15-7-22-8)14-17-13(11-5-23-9(2)16-11)18-19(14)10-3-4-24(20,21)6-10/h5,7,10H,3-4,6H2,1-2H3/t10-/m1/s1. The summed E-state index contributed by atoms with van der Waals surface area (Å²) in [6.07, 6.45) is 1.87. The van der Waals surface area contributed by atoms with Gasteiger partial charge in [-0.3, -0.25) is 0 Å². The van der Waals surface area contributed by atoms with Crippen LogP contribution >= 0.6 is 11.3 Å². The SMILES string of the molecule is Cc1nc(-c2nc(-c3ncoc3C)n([C@@H]3CCS(=O)(=O)C3)n2)cs1. The maximum atomic E-state index is 11.9. The Morgan fingerprint density at radius 2 is 2.17 bits per heavy atom. The summed E-state index contributed by atoms with van der Waals surface area (Å²) in [5.41, 5.74) is 1.25. The van der Waals surface area contributed by atoms with Crippen molar-refractivity contribution >= 4 is 21.2 Å². The molecule has 0 aromatic carbocycles. The molecule has 0 amide bonds. The van der Waals surface area contributed by atoms with Gasteiger partial charge in [0.05, 0.1) is 22.6 Å². The minimum absolute atomic E-state index is 0.0653. The molecule has 0 aliphatic carbocycles. The highest BCUT2D eigenvalue weighted by atomic mass is 32.2. The molecule has 0 radical (unpaired) electrons. The molecule has 24 heavy (non-hydrogen) atoms. The number of aromatic nitrogens is 5. The van der Waals surface area contributed by atoms with Crippen LogP contribution in [-0.4, -0.2) is 44.7 Å². The minimum Gasteiger partial charge on any atom is -0.448 e. The zero-order valence-electron chi connectivity index (χ0n) is 13.1. The first-order valence-corrected chi connectivity index (χ1v) is 10.1. The van der Waals surface area contributed by atoms with E-state index in [1.807, 2.05) is 12.3 Å². The number of oxazole rings is 1. The zero-order chi connectivity index (χ0) is 16.9. The largest absolute Gasteiger partial charge is 0.448 e. The molecule has 3 aromatic heterocycles. The van der Waals surface area contributed by atoms with Gasteiger partial charge in [-0.2, -0.15) is 0 Å². The summed E-state index contributed by atoms with van der Waals surface area (Å²) in [7, 11) is -3.04. The van der Waals surface area contributed by atoms with E-state index in [4.69, 9.17) is 4.42 Å². The summed E-state index contributed by atoms with van der Waals surface area (Å²) in [6, 6.07) is -0.248. The lowest BCUT2D eigenvalue weighted by Gasteiger charge is -2.10. The molecular formula is C14H15N5O3S2. The molecule has 10 heteroatoms. The maximum absolute atomic E-state index is 11.9. The van der Waals surface area contributed by atoms with Crippen LogP contribution in [0.1, 0.15) is 23.2 Å². The number of nitrogens with zero attached hydrogens (tertiary/aromatic N) is 5. The summed E-state index contributed by atoms with van der Waals surface area (Å²) < 4.78 is 30.6. The van der Waals surface area contributed by atoms with E-state index < -0.39 is 9.84 Å². The Balaban J connectivity index is 1.84. The summed E-state index contributed by atoms with van der Waals surface area (Å²) in [4.78, 5) is 13.2. The van der Waals surface area contributed by atoms with E-state index in [1.165, 1.54) is 17.7 Å². The Hall–Kier alpha value is -2.07. The van der Waals surface area contributed by atoms with Crippen molar-refractivity contribution in [2.45, 2.75) is 26.3 Å². The molecule has 126 valence electrons. The number of sulfone groups is 1. The van der Waals surface area contributed by atoms with Gasteiger partial charge in [0.1, 0.15) is 17.1 Å². The van der Waals surface area contributed by atoms with Gasteiger partial charge in [-0.15, -0.1) is 16.4 Å². The van der Waals surface area contributed by atoms with Crippen LogP contribution < -0.4 is 0 Å². The third kappa shape index (κ3) is 2.65. The van der Waals surface area contributed by atoms with Gasteiger partial charge in [0.2, 0.25) is 5.82 Å². The highest BCUT2D eigenvalue weighted by molar-refractivity contribution is 7.91. The minimum atomic E-state index is -3.04. The first-order chi connectivity index (χ1) is 11.4. The smallest absolute Gasteiger partial charge is 0.201 e. The van der Waals surface area contributed by atoms with E-state index >= 15 is 0 Å². The Morgan fingerprint density at radius 1 is 1.33 bits per heavy atom. The molecule has 0 saturated carbocycles. The van der Waals surface area contributed by atoms with Crippen LogP contribution in [0.15, 0.2) is 16.2 Å². The van der Waals surface area contributed by atoms with Crippen molar-refractivity contribution in [3.8, 4) is 23.0 Å². The number of aryl methyl sites for hydroxylation is 2. The van der Waals surface area contributed by atoms with Crippen LogP contribution in [0.2, 0.25) is 0 Å². The van der Waals surface area contributed by atoms with Gasteiger partial charge in [-0.1, -0.05) is 0 Å². The summed E-state index contributed by atoms with van der Waals surface area (Å²) in [5, 5.41) is 7.35. The van der Waals surface area contributed by atoms with Gasteiger partial charge < -0.3 is 4.42 Å². The van der Waals surface area contributed by atoms with Crippen molar-refractivity contribution in [2.24, 2.45) is 0 Å². The van der Waals surface area contributed by atoms with Gasteiger partial charge in [0.15, 0.2) is 22.1 Å². The second-order valence-electron chi connectivity index (χ2n) is 5.77. The molecule has 1 atom stereocenters. The van der Waals surface area contributed by atoms with Crippen molar-refractivity contribution in [2.75, 3.05) is 11.5 Å². The fraction of sp³-hybridized carbons (Fsp3) is 0.429. The molecule has 1 fully saturated rings. The van der Waals surface area contributed by atoms with Crippen molar-refractivity contribution in [1.82, 2.24) is 24.7 Å². The van der Waals surface area contributed by atoms with E-state index in [0.717, 1.165) is 5.01 Å². The third-order valence-electron chi connectivity index (χ3n) is 3.99. The Morgan fingerprint density at radius 3 is 2.75 bits per heavy atom. The Bertz CT molecular complexity index is 1000. The molecule has 0 N–H and O–H groups in total. The predicted molar refractivity (Wildman–Crippen MR) is 88.4 cm³/mol. The first-order valence-electron chi connectivity index (χ1n) is 7.43. The second kappa shape index (κ2) is 5.49. The van der Waals surface area contributed by atoms with Crippen molar-refractivity contribution in [3.05, 3.63) is 22.5 Å². The van der Waals surface area contributed by atoms with Gasteiger partial charge in [0.25, 0.3) is 0 Å². The molecular weight excluding hydrogens is 350 g/mol. The molecule has 1 saturated heterocycles. The summed E-state index contributed by atoms with van der Waals surface area (Å²) >= 11 is 1.52. The molecule has 8 nitrogen and oxygen atoms in total. The van der Waals surface area contributed by atoms with Crippen LogP contribution in [-0.2, 0) is 9.84 Å².